The fourth-order valence-corrected chi connectivity index (χ4v) is 8.33. The molecular formula is C31H39N5O3S2. The van der Waals surface area contributed by atoms with Gasteiger partial charge in [-0.05, 0) is 75.9 Å². The summed E-state index contributed by atoms with van der Waals surface area (Å²) in [5, 5.41) is 3.68. The molecule has 218 valence electrons. The van der Waals surface area contributed by atoms with E-state index in [2.05, 4.69) is 33.3 Å². The molecule has 1 N–H and O–H groups in total. The second-order valence-electron chi connectivity index (χ2n) is 12.0. The van der Waals surface area contributed by atoms with Crippen LogP contribution in [0.3, 0.4) is 0 Å². The average Bonchev–Trinajstić information content (AvgIpc) is 3.57. The molecule has 1 aromatic carbocycles. The predicted octanol–water partition coefficient (Wildman–Crippen LogP) is 5.27. The number of aryl methyl sites for hydroxylation is 1. The second-order valence-corrected chi connectivity index (χ2v) is 14.3. The van der Waals surface area contributed by atoms with Crippen LogP contribution in [0.5, 0.6) is 5.75 Å². The van der Waals surface area contributed by atoms with Gasteiger partial charge in [0, 0.05) is 54.1 Å². The van der Waals surface area contributed by atoms with E-state index < -0.39 is 0 Å². The Morgan fingerprint density at radius 1 is 1.15 bits per heavy atom. The van der Waals surface area contributed by atoms with Crippen LogP contribution in [0.15, 0.2) is 52.4 Å². The number of carbonyl (C=O) groups is 2. The maximum atomic E-state index is 13.7. The molecule has 6 rings (SSSR count). The smallest absolute Gasteiger partial charge is 0.257 e. The minimum atomic E-state index is 0.00608. The summed E-state index contributed by atoms with van der Waals surface area (Å²) in [5.41, 5.74) is 2.69. The van der Waals surface area contributed by atoms with Crippen molar-refractivity contribution in [1.82, 2.24) is 19.7 Å². The molecule has 2 aromatic rings. The van der Waals surface area contributed by atoms with Crippen molar-refractivity contribution in [2.45, 2.75) is 54.2 Å². The topological polar surface area (TPSA) is 78.0 Å². The highest BCUT2D eigenvalue weighted by Gasteiger charge is 2.49. The van der Waals surface area contributed by atoms with E-state index in [0.717, 1.165) is 84.9 Å². The van der Waals surface area contributed by atoms with Gasteiger partial charge >= 0.3 is 0 Å². The Kier molecular flexibility index (Phi) is 7.91. The van der Waals surface area contributed by atoms with E-state index in [4.69, 9.17) is 4.74 Å². The molecule has 8 nitrogen and oxygen atoms in total. The number of aromatic nitrogens is 1. The van der Waals surface area contributed by atoms with Gasteiger partial charge in [0.05, 0.1) is 23.1 Å². The van der Waals surface area contributed by atoms with Gasteiger partial charge < -0.3 is 24.8 Å². The number of carbonyl (C=O) groups excluding carboxylic acids is 2. The standard InChI is InChI=1S/C31H39N5O3S2/c1-5-21(3)36-18-31(19-36)10-13-35(17-31)29(38)24-15-26(20(2)14-25(24)39-4)40-27-16-32-30(41-27)33-28(37)22-8-11-34(12-9-22)23-6-7-23/h5,14-16,22-23H,1,3,6-13,17-19H2,2,4H3,(H,32,33,37). The average molecular weight is 594 g/mol. The molecule has 0 atom stereocenters. The number of rotatable bonds is 9. The maximum Gasteiger partial charge on any atom is 0.257 e. The highest BCUT2D eigenvalue weighted by Crippen LogP contribution is 2.43. The van der Waals surface area contributed by atoms with Gasteiger partial charge in [-0.3, -0.25) is 9.59 Å². The van der Waals surface area contributed by atoms with Crippen LogP contribution in [0.2, 0.25) is 0 Å². The number of hydrogen-bond acceptors (Lipinski definition) is 8. The van der Waals surface area contributed by atoms with Crippen LogP contribution in [0, 0.1) is 18.3 Å². The molecule has 41 heavy (non-hydrogen) atoms. The Morgan fingerprint density at radius 3 is 2.56 bits per heavy atom. The number of ether oxygens (including phenoxy) is 1. The molecule has 1 aromatic heterocycles. The first-order valence-corrected chi connectivity index (χ1v) is 16.1. The number of likely N-dealkylation sites (tertiary alicyclic amines) is 3. The van der Waals surface area contributed by atoms with Crippen LogP contribution >= 0.6 is 23.1 Å². The van der Waals surface area contributed by atoms with Crippen molar-refractivity contribution in [2.75, 3.05) is 51.7 Å². The summed E-state index contributed by atoms with van der Waals surface area (Å²) in [7, 11) is 1.61. The Balaban J connectivity index is 1.09. The van der Waals surface area contributed by atoms with Crippen molar-refractivity contribution >= 4 is 40.0 Å². The van der Waals surface area contributed by atoms with Crippen LogP contribution < -0.4 is 10.1 Å². The highest BCUT2D eigenvalue weighted by molar-refractivity contribution is 8.01. The molecule has 0 radical (unpaired) electrons. The first-order valence-electron chi connectivity index (χ1n) is 14.5. The SMILES string of the molecule is C=CC(=C)N1CC2(CCN(C(=O)c3cc(Sc4cnc(NC(=O)C5CCN(C6CC6)CC5)s4)c(C)cc3OC)C2)C1. The molecule has 10 heteroatoms. The fraction of sp³-hybridized carbons (Fsp3) is 0.516. The van der Waals surface area contributed by atoms with Crippen molar-refractivity contribution in [3.8, 4) is 5.75 Å². The number of anilines is 1. The van der Waals surface area contributed by atoms with Crippen molar-refractivity contribution in [2.24, 2.45) is 11.3 Å². The van der Waals surface area contributed by atoms with Crippen molar-refractivity contribution in [1.29, 1.82) is 0 Å². The van der Waals surface area contributed by atoms with Crippen LogP contribution in [0.25, 0.3) is 0 Å². The van der Waals surface area contributed by atoms with E-state index in [-0.39, 0.29) is 23.1 Å². The van der Waals surface area contributed by atoms with E-state index in [1.807, 2.05) is 24.0 Å². The Morgan fingerprint density at radius 2 is 1.88 bits per heavy atom. The lowest BCUT2D eigenvalue weighted by Crippen LogP contribution is -2.56. The summed E-state index contributed by atoms with van der Waals surface area (Å²) in [6, 6.07) is 4.65. The van der Waals surface area contributed by atoms with Crippen molar-refractivity contribution in [3.63, 3.8) is 0 Å². The summed E-state index contributed by atoms with van der Waals surface area (Å²) >= 11 is 3.04. The summed E-state index contributed by atoms with van der Waals surface area (Å²) in [6.45, 7) is 15.2. The van der Waals surface area contributed by atoms with Gasteiger partial charge in [-0.2, -0.15) is 0 Å². The van der Waals surface area contributed by atoms with Gasteiger partial charge in [-0.1, -0.05) is 36.3 Å². The molecule has 4 aliphatic rings. The Labute approximate surface area is 250 Å². The number of nitrogens with zero attached hydrogens (tertiary/aromatic N) is 4. The number of allylic oxidation sites excluding steroid dienone is 1. The molecule has 4 heterocycles. The minimum Gasteiger partial charge on any atom is -0.496 e. The first kappa shape index (κ1) is 28.3. The lowest BCUT2D eigenvalue weighted by Gasteiger charge is -2.49. The second kappa shape index (κ2) is 11.5. The molecule has 1 aliphatic carbocycles. The van der Waals surface area contributed by atoms with E-state index >= 15 is 0 Å². The zero-order chi connectivity index (χ0) is 28.7. The summed E-state index contributed by atoms with van der Waals surface area (Å²) < 4.78 is 6.61. The molecule has 4 fully saturated rings. The number of piperidine rings is 1. The van der Waals surface area contributed by atoms with Gasteiger partial charge in [0.2, 0.25) is 5.91 Å². The number of hydrogen-bond donors (Lipinski definition) is 1. The van der Waals surface area contributed by atoms with Crippen LogP contribution in [-0.4, -0.2) is 83.9 Å². The van der Waals surface area contributed by atoms with Gasteiger partial charge in [-0.15, -0.1) is 0 Å². The maximum absolute atomic E-state index is 13.7. The Hall–Kier alpha value is -2.82. The molecule has 0 bridgehead atoms. The van der Waals surface area contributed by atoms with Gasteiger partial charge in [0.1, 0.15) is 5.75 Å². The molecule has 2 amide bonds. The zero-order valence-corrected chi connectivity index (χ0v) is 25.6. The third-order valence-electron chi connectivity index (χ3n) is 9.04. The largest absolute Gasteiger partial charge is 0.496 e. The van der Waals surface area contributed by atoms with Gasteiger partial charge in [0.15, 0.2) is 5.13 Å². The molecule has 0 unspecified atom stereocenters. The monoisotopic (exact) mass is 593 g/mol. The zero-order valence-electron chi connectivity index (χ0n) is 24.0. The van der Waals surface area contributed by atoms with E-state index in [9.17, 15) is 9.59 Å². The lowest BCUT2D eigenvalue weighted by molar-refractivity contribution is -0.121. The summed E-state index contributed by atoms with van der Waals surface area (Å²) in [6.07, 6.45) is 9.03. The highest BCUT2D eigenvalue weighted by atomic mass is 32.2. The van der Waals surface area contributed by atoms with Gasteiger partial charge in [0.25, 0.3) is 5.91 Å². The molecular weight excluding hydrogens is 555 g/mol. The van der Waals surface area contributed by atoms with E-state index in [1.54, 1.807) is 31.1 Å². The summed E-state index contributed by atoms with van der Waals surface area (Å²) in [4.78, 5) is 38.8. The normalized spacial score (nSPS) is 20.6. The molecule has 3 saturated heterocycles. The number of benzene rings is 1. The minimum absolute atomic E-state index is 0.00608. The number of nitrogens with one attached hydrogen (secondary N) is 1. The van der Waals surface area contributed by atoms with E-state index in [0.29, 0.717) is 16.4 Å². The number of methoxy groups -OCH3 is 1. The third kappa shape index (κ3) is 5.92. The third-order valence-corrected chi connectivity index (χ3v) is 11.2. The predicted molar refractivity (Wildman–Crippen MR) is 164 cm³/mol. The number of thiazole rings is 1. The van der Waals surface area contributed by atoms with Gasteiger partial charge in [-0.25, -0.2) is 4.98 Å². The van der Waals surface area contributed by atoms with Crippen molar-refractivity contribution in [3.05, 3.63) is 54.4 Å². The van der Waals surface area contributed by atoms with Crippen LogP contribution in [-0.2, 0) is 4.79 Å². The number of amides is 2. The summed E-state index contributed by atoms with van der Waals surface area (Å²) in [5.74, 6) is 0.729. The molecule has 1 saturated carbocycles. The van der Waals surface area contributed by atoms with E-state index in [1.165, 1.54) is 24.2 Å². The Bertz CT molecular complexity index is 1360. The quantitative estimate of drug-likeness (QED) is 0.397. The van der Waals surface area contributed by atoms with Crippen LogP contribution in [0.4, 0.5) is 5.13 Å². The fourth-order valence-electron chi connectivity index (χ4n) is 6.39. The molecule has 1 spiro atoms. The first-order chi connectivity index (χ1) is 19.8. The lowest BCUT2D eigenvalue weighted by atomic mass is 9.79. The molecule has 3 aliphatic heterocycles. The van der Waals surface area contributed by atoms with Crippen molar-refractivity contribution < 1.29 is 14.3 Å². The van der Waals surface area contributed by atoms with Crippen LogP contribution in [0.1, 0.15) is 48.0 Å².